The molecule has 9 nitrogen and oxygen atoms in total. The Morgan fingerprint density at radius 3 is 2.49 bits per heavy atom. The molecule has 1 aromatic heterocycles. The minimum Gasteiger partial charge on any atom is -0.504 e. The molecule has 1 amide bonds. The summed E-state index contributed by atoms with van der Waals surface area (Å²) in [6.45, 7) is 4.04. The number of hydrogen-bond donors (Lipinski definition) is 2. The molecule has 1 atom stereocenters. The third-order valence-corrected chi connectivity index (χ3v) is 5.80. The van der Waals surface area contributed by atoms with Crippen molar-refractivity contribution in [2.75, 3.05) is 27.4 Å². The van der Waals surface area contributed by atoms with Gasteiger partial charge >= 0.3 is 0 Å². The Balaban J connectivity index is 1.78. The van der Waals surface area contributed by atoms with Crippen LogP contribution in [-0.4, -0.2) is 60.3 Å². The van der Waals surface area contributed by atoms with Gasteiger partial charge in [0, 0.05) is 11.9 Å². The van der Waals surface area contributed by atoms with Crippen molar-refractivity contribution in [2.45, 2.75) is 26.0 Å². The lowest BCUT2D eigenvalue weighted by molar-refractivity contribution is -0.130. The largest absolute Gasteiger partial charge is 0.504 e. The second-order valence-corrected chi connectivity index (χ2v) is 8.33. The number of aromatic hydroxyl groups is 1. The number of phenolic OH excluding ortho intramolecular Hbond substituents is 1. The minimum atomic E-state index is -0.974. The van der Waals surface area contributed by atoms with Gasteiger partial charge in [0.05, 0.1) is 38.5 Å². The number of methoxy groups -OCH3 is 2. The van der Waals surface area contributed by atoms with E-state index >= 15 is 0 Å². The van der Waals surface area contributed by atoms with Gasteiger partial charge in [-0.15, -0.1) is 0 Å². The number of hydrogen-bond acceptors (Lipinski definition) is 8. The van der Waals surface area contributed by atoms with E-state index in [1.807, 2.05) is 13.8 Å². The van der Waals surface area contributed by atoms with Gasteiger partial charge in [0.25, 0.3) is 5.91 Å². The van der Waals surface area contributed by atoms with E-state index in [1.54, 1.807) is 24.3 Å². The van der Waals surface area contributed by atoms with Gasteiger partial charge in [0.2, 0.25) is 5.78 Å². The number of Topliss-reactive ketones (excluding diaryl/α,β-unsaturated/α-hetero) is 1. The summed E-state index contributed by atoms with van der Waals surface area (Å²) in [6, 6.07) is 10.4. The van der Waals surface area contributed by atoms with E-state index in [2.05, 4.69) is 0 Å². The summed E-state index contributed by atoms with van der Waals surface area (Å²) in [7, 11) is 2.91. The van der Waals surface area contributed by atoms with Crippen LogP contribution in [0.5, 0.6) is 17.2 Å². The molecule has 9 heteroatoms. The number of amides is 1. The number of furan rings is 1. The lowest BCUT2D eigenvalue weighted by atomic mass is 9.94. The first-order valence-electron chi connectivity index (χ1n) is 11.1. The molecule has 2 N–H and O–H groups in total. The van der Waals surface area contributed by atoms with Crippen molar-refractivity contribution in [3.63, 3.8) is 0 Å². The van der Waals surface area contributed by atoms with E-state index in [9.17, 15) is 19.8 Å². The zero-order chi connectivity index (χ0) is 25.3. The van der Waals surface area contributed by atoms with E-state index in [0.717, 1.165) is 0 Å². The molecule has 1 unspecified atom stereocenters. The molecule has 0 radical (unpaired) electrons. The number of aliphatic hydroxyl groups excluding tert-OH is 1. The molecule has 1 aliphatic heterocycles. The van der Waals surface area contributed by atoms with Crippen LogP contribution in [0.15, 0.2) is 58.2 Å². The smallest absolute Gasteiger partial charge is 0.290 e. The van der Waals surface area contributed by atoms with Crippen LogP contribution in [0.2, 0.25) is 0 Å². The summed E-state index contributed by atoms with van der Waals surface area (Å²) < 4.78 is 21.8. The fourth-order valence-corrected chi connectivity index (χ4v) is 4.17. The zero-order valence-electron chi connectivity index (χ0n) is 19.9. The SMILES string of the molecule is COc1ccc(C2C(C(=O)c3cc4cccc(OC)c4o3)=C(O)C(=O)N2CCOC(C)C)cc1O. The van der Waals surface area contributed by atoms with Crippen LogP contribution < -0.4 is 9.47 Å². The van der Waals surface area contributed by atoms with E-state index in [0.29, 0.717) is 22.3 Å². The van der Waals surface area contributed by atoms with Crippen molar-refractivity contribution in [1.82, 2.24) is 4.90 Å². The summed E-state index contributed by atoms with van der Waals surface area (Å²) in [4.78, 5) is 28.0. The topological polar surface area (TPSA) is 119 Å². The molecule has 1 aliphatic rings. The second kappa shape index (κ2) is 9.71. The highest BCUT2D eigenvalue weighted by molar-refractivity contribution is 6.16. The molecule has 0 fully saturated rings. The Morgan fingerprint density at radius 2 is 1.83 bits per heavy atom. The molecule has 2 aromatic carbocycles. The summed E-state index contributed by atoms with van der Waals surface area (Å²) in [5.41, 5.74) is 0.646. The monoisotopic (exact) mass is 481 g/mol. The molecule has 0 aliphatic carbocycles. The molecule has 0 bridgehead atoms. The molecular weight excluding hydrogens is 454 g/mol. The molecule has 35 heavy (non-hydrogen) atoms. The Labute approximate surface area is 202 Å². The van der Waals surface area contributed by atoms with Crippen LogP contribution >= 0.6 is 0 Å². The number of para-hydroxylation sites is 1. The van der Waals surface area contributed by atoms with Crippen molar-refractivity contribution in [1.29, 1.82) is 0 Å². The molecule has 3 aromatic rings. The highest BCUT2D eigenvalue weighted by atomic mass is 16.5. The molecule has 184 valence electrons. The van der Waals surface area contributed by atoms with Gasteiger partial charge < -0.3 is 33.7 Å². The highest BCUT2D eigenvalue weighted by Crippen LogP contribution is 2.42. The number of aliphatic hydroxyl groups is 1. The Bertz CT molecular complexity index is 1310. The first-order chi connectivity index (χ1) is 16.8. The first-order valence-corrected chi connectivity index (χ1v) is 11.1. The number of carbonyl (C=O) groups is 2. The van der Waals surface area contributed by atoms with Gasteiger partial charge in [-0.05, 0) is 43.7 Å². The maximum Gasteiger partial charge on any atom is 0.290 e. The minimum absolute atomic E-state index is 0.0538. The lowest BCUT2D eigenvalue weighted by Crippen LogP contribution is -2.34. The lowest BCUT2D eigenvalue weighted by Gasteiger charge is -2.27. The molecular formula is C26H27NO8. The van der Waals surface area contributed by atoms with E-state index in [4.69, 9.17) is 18.6 Å². The number of benzene rings is 2. The first kappa shape index (κ1) is 24.2. The predicted octanol–water partition coefficient (Wildman–Crippen LogP) is 4.16. The van der Waals surface area contributed by atoms with Crippen LogP contribution in [0.25, 0.3) is 11.0 Å². The van der Waals surface area contributed by atoms with Gasteiger partial charge in [0.15, 0.2) is 34.4 Å². The summed E-state index contributed by atoms with van der Waals surface area (Å²) in [5.74, 6) is -1.57. The molecule has 0 saturated carbocycles. The summed E-state index contributed by atoms with van der Waals surface area (Å²) >= 11 is 0. The van der Waals surface area contributed by atoms with Crippen molar-refractivity contribution < 1.29 is 38.4 Å². The quantitative estimate of drug-likeness (QED) is 0.438. The highest BCUT2D eigenvalue weighted by Gasteiger charge is 2.44. The predicted molar refractivity (Wildman–Crippen MR) is 127 cm³/mol. The van der Waals surface area contributed by atoms with Crippen molar-refractivity contribution >= 4 is 22.7 Å². The standard InChI is InChI=1S/C26H27NO8/c1-14(2)34-11-10-27-22(15-8-9-18(32-3)17(28)12-15)21(24(30)26(27)31)23(29)20-13-16-6-5-7-19(33-4)25(16)35-20/h5-9,12-14,22,28,30H,10-11H2,1-4H3. The second-order valence-electron chi connectivity index (χ2n) is 8.33. The fourth-order valence-electron chi connectivity index (χ4n) is 4.17. The normalized spacial score (nSPS) is 16.0. The van der Waals surface area contributed by atoms with Gasteiger partial charge in [0.1, 0.15) is 0 Å². The molecule has 2 heterocycles. The molecule has 4 rings (SSSR count). The molecule has 0 saturated heterocycles. The fraction of sp³-hybridized carbons (Fsp3) is 0.308. The van der Waals surface area contributed by atoms with Crippen LogP contribution in [0, 0.1) is 0 Å². The van der Waals surface area contributed by atoms with E-state index in [1.165, 1.54) is 37.3 Å². The number of ether oxygens (including phenoxy) is 3. The Hall–Kier alpha value is -3.98. The van der Waals surface area contributed by atoms with Gasteiger partial charge in [-0.2, -0.15) is 0 Å². The number of nitrogens with zero attached hydrogens (tertiary/aromatic N) is 1. The number of ketones is 1. The van der Waals surface area contributed by atoms with Crippen LogP contribution in [-0.2, 0) is 9.53 Å². The summed E-state index contributed by atoms with van der Waals surface area (Å²) in [5, 5.41) is 21.8. The van der Waals surface area contributed by atoms with E-state index < -0.39 is 23.5 Å². The van der Waals surface area contributed by atoms with Crippen molar-refractivity contribution in [3.8, 4) is 17.2 Å². The number of phenols is 1. The maximum absolute atomic E-state index is 13.6. The van der Waals surface area contributed by atoms with Crippen molar-refractivity contribution in [2.24, 2.45) is 0 Å². The number of rotatable bonds is 9. The van der Waals surface area contributed by atoms with Crippen LogP contribution in [0.4, 0.5) is 0 Å². The molecule has 0 spiro atoms. The van der Waals surface area contributed by atoms with Gasteiger partial charge in [-0.3, -0.25) is 9.59 Å². The van der Waals surface area contributed by atoms with Crippen LogP contribution in [0.3, 0.4) is 0 Å². The van der Waals surface area contributed by atoms with Gasteiger partial charge in [-0.1, -0.05) is 18.2 Å². The van der Waals surface area contributed by atoms with Crippen LogP contribution in [0.1, 0.15) is 36.0 Å². The third kappa shape index (κ3) is 4.42. The average molecular weight is 482 g/mol. The maximum atomic E-state index is 13.6. The summed E-state index contributed by atoms with van der Waals surface area (Å²) in [6.07, 6.45) is -0.0654. The van der Waals surface area contributed by atoms with Gasteiger partial charge in [-0.25, -0.2) is 0 Å². The Morgan fingerprint density at radius 1 is 1.09 bits per heavy atom. The van der Waals surface area contributed by atoms with Crippen molar-refractivity contribution in [3.05, 3.63) is 65.1 Å². The van der Waals surface area contributed by atoms with E-state index in [-0.39, 0.29) is 42.1 Å². The third-order valence-electron chi connectivity index (χ3n) is 5.80. The zero-order valence-corrected chi connectivity index (χ0v) is 19.9. The number of carbonyl (C=O) groups excluding carboxylic acids is 2. The number of fused-ring (bicyclic) bond motifs is 1. The average Bonchev–Trinajstić information content (AvgIpc) is 3.38. The Kier molecular flexibility index (Phi) is 6.70.